The van der Waals surface area contributed by atoms with E-state index in [9.17, 15) is 13.2 Å². The normalized spacial score (nSPS) is 11.7. The Balaban J connectivity index is 2.25. The Bertz CT molecular complexity index is 413. The number of ether oxygens (including phenoxy) is 2. The molecule has 0 radical (unpaired) electrons. The Hall–Kier alpha value is -0.790. The van der Waals surface area contributed by atoms with Gasteiger partial charge in [0.1, 0.15) is 12.4 Å². The number of halogens is 4. The second-order valence-corrected chi connectivity index (χ2v) is 5.03. The SMILES string of the molecule is NCCc1ccc(OCCCOCC(F)(F)F)c(Br)c1. The van der Waals surface area contributed by atoms with Crippen LogP contribution in [0.1, 0.15) is 12.0 Å². The number of alkyl halides is 3. The van der Waals surface area contributed by atoms with Gasteiger partial charge in [-0.25, -0.2) is 0 Å². The van der Waals surface area contributed by atoms with Crippen LogP contribution in [0.5, 0.6) is 5.75 Å². The van der Waals surface area contributed by atoms with Gasteiger partial charge in [0.15, 0.2) is 0 Å². The van der Waals surface area contributed by atoms with Crippen molar-refractivity contribution in [2.24, 2.45) is 5.73 Å². The number of benzene rings is 1. The van der Waals surface area contributed by atoms with Crippen molar-refractivity contribution in [3.63, 3.8) is 0 Å². The predicted octanol–water partition coefficient (Wildman–Crippen LogP) is 3.30. The molecule has 0 fully saturated rings. The molecular weight excluding hydrogens is 339 g/mol. The first kappa shape index (κ1) is 17.3. The topological polar surface area (TPSA) is 44.5 Å². The molecule has 0 unspecified atom stereocenters. The average molecular weight is 356 g/mol. The molecular formula is C13H17BrF3NO2. The number of nitrogens with two attached hydrogens (primary N) is 1. The van der Waals surface area contributed by atoms with Gasteiger partial charge in [0.25, 0.3) is 0 Å². The van der Waals surface area contributed by atoms with Crippen LogP contribution < -0.4 is 10.5 Å². The lowest BCUT2D eigenvalue weighted by Crippen LogP contribution is -2.18. The van der Waals surface area contributed by atoms with Crippen LogP contribution in [0.15, 0.2) is 22.7 Å². The van der Waals surface area contributed by atoms with Crippen molar-refractivity contribution in [2.45, 2.75) is 19.0 Å². The first-order chi connectivity index (χ1) is 9.42. The molecule has 20 heavy (non-hydrogen) atoms. The lowest BCUT2D eigenvalue weighted by atomic mass is 10.1. The summed E-state index contributed by atoms with van der Waals surface area (Å²) in [5.41, 5.74) is 6.56. The molecule has 0 aliphatic rings. The van der Waals surface area contributed by atoms with Crippen LogP contribution in [-0.4, -0.2) is 32.5 Å². The first-order valence-corrected chi connectivity index (χ1v) is 6.97. The van der Waals surface area contributed by atoms with Gasteiger partial charge < -0.3 is 15.2 Å². The van der Waals surface area contributed by atoms with Crippen LogP contribution in [0, 0.1) is 0 Å². The largest absolute Gasteiger partial charge is 0.492 e. The molecule has 0 amide bonds. The van der Waals surface area contributed by atoms with Crippen molar-refractivity contribution in [3.05, 3.63) is 28.2 Å². The summed E-state index contributed by atoms with van der Waals surface area (Å²) in [4.78, 5) is 0. The minimum atomic E-state index is -4.28. The molecule has 0 aliphatic heterocycles. The predicted molar refractivity (Wildman–Crippen MR) is 73.9 cm³/mol. The zero-order valence-corrected chi connectivity index (χ0v) is 12.5. The molecule has 0 saturated carbocycles. The summed E-state index contributed by atoms with van der Waals surface area (Å²) < 4.78 is 46.2. The summed E-state index contributed by atoms with van der Waals surface area (Å²) in [6.07, 6.45) is -3.10. The third-order valence-electron chi connectivity index (χ3n) is 2.39. The van der Waals surface area contributed by atoms with E-state index in [2.05, 4.69) is 20.7 Å². The van der Waals surface area contributed by atoms with Crippen LogP contribution in [0.2, 0.25) is 0 Å². The van der Waals surface area contributed by atoms with Crippen molar-refractivity contribution in [1.82, 2.24) is 0 Å². The highest BCUT2D eigenvalue weighted by atomic mass is 79.9. The molecule has 1 aromatic rings. The minimum absolute atomic E-state index is 0.0163. The molecule has 3 nitrogen and oxygen atoms in total. The van der Waals surface area contributed by atoms with E-state index >= 15 is 0 Å². The maximum atomic E-state index is 11.8. The molecule has 0 atom stereocenters. The first-order valence-electron chi connectivity index (χ1n) is 6.18. The van der Waals surface area contributed by atoms with Crippen LogP contribution in [0.25, 0.3) is 0 Å². The Kier molecular flexibility index (Phi) is 7.32. The standard InChI is InChI=1S/C13H17BrF3NO2/c14-11-8-10(4-5-18)2-3-12(11)20-7-1-6-19-9-13(15,16)17/h2-3,8H,1,4-7,9,18H2. The number of hydrogen-bond donors (Lipinski definition) is 1. The Labute approximate surface area is 124 Å². The summed E-state index contributed by atoms with van der Waals surface area (Å²) in [5, 5.41) is 0. The molecule has 1 aromatic carbocycles. The summed E-state index contributed by atoms with van der Waals surface area (Å²) in [6, 6.07) is 5.64. The van der Waals surface area contributed by atoms with Gasteiger partial charge in [0, 0.05) is 6.42 Å². The maximum absolute atomic E-state index is 11.8. The van der Waals surface area contributed by atoms with E-state index in [4.69, 9.17) is 10.5 Å². The highest BCUT2D eigenvalue weighted by molar-refractivity contribution is 9.10. The average Bonchev–Trinajstić information content (AvgIpc) is 2.35. The van der Waals surface area contributed by atoms with Gasteiger partial charge in [-0.3, -0.25) is 0 Å². The highest BCUT2D eigenvalue weighted by Crippen LogP contribution is 2.26. The van der Waals surface area contributed by atoms with Gasteiger partial charge in [-0.15, -0.1) is 0 Å². The molecule has 1 rings (SSSR count). The van der Waals surface area contributed by atoms with Gasteiger partial charge in [-0.2, -0.15) is 13.2 Å². The minimum Gasteiger partial charge on any atom is -0.492 e. The molecule has 0 heterocycles. The zero-order chi connectivity index (χ0) is 15.0. The number of hydrogen-bond acceptors (Lipinski definition) is 3. The smallest absolute Gasteiger partial charge is 0.411 e. The molecule has 0 aromatic heterocycles. The highest BCUT2D eigenvalue weighted by Gasteiger charge is 2.27. The zero-order valence-electron chi connectivity index (χ0n) is 10.9. The van der Waals surface area contributed by atoms with Gasteiger partial charge in [0.2, 0.25) is 0 Å². The summed E-state index contributed by atoms with van der Waals surface area (Å²) >= 11 is 3.38. The fourth-order valence-corrected chi connectivity index (χ4v) is 2.06. The number of rotatable bonds is 8. The van der Waals surface area contributed by atoms with Crippen molar-refractivity contribution in [3.8, 4) is 5.75 Å². The molecule has 0 aliphatic carbocycles. The third-order valence-corrected chi connectivity index (χ3v) is 3.01. The summed E-state index contributed by atoms with van der Waals surface area (Å²) in [6.45, 7) is -0.331. The summed E-state index contributed by atoms with van der Waals surface area (Å²) in [7, 11) is 0. The van der Waals surface area contributed by atoms with E-state index in [0.717, 1.165) is 16.5 Å². The van der Waals surface area contributed by atoms with E-state index in [-0.39, 0.29) is 6.61 Å². The van der Waals surface area contributed by atoms with Crippen LogP contribution in [0.3, 0.4) is 0 Å². The van der Waals surface area contributed by atoms with Crippen LogP contribution >= 0.6 is 15.9 Å². The molecule has 0 bridgehead atoms. The van der Waals surface area contributed by atoms with E-state index < -0.39 is 12.8 Å². The van der Waals surface area contributed by atoms with Gasteiger partial charge in [-0.05, 0) is 46.6 Å². The maximum Gasteiger partial charge on any atom is 0.411 e. The van der Waals surface area contributed by atoms with Crippen molar-refractivity contribution < 1.29 is 22.6 Å². The summed E-state index contributed by atoms with van der Waals surface area (Å²) in [5.74, 6) is 0.654. The lowest BCUT2D eigenvalue weighted by Gasteiger charge is -2.10. The molecule has 2 N–H and O–H groups in total. The van der Waals surface area contributed by atoms with Crippen molar-refractivity contribution in [1.29, 1.82) is 0 Å². The van der Waals surface area contributed by atoms with E-state index in [0.29, 0.717) is 25.3 Å². The fraction of sp³-hybridized carbons (Fsp3) is 0.538. The second kappa shape index (κ2) is 8.49. The Morgan fingerprint density at radius 1 is 1.20 bits per heavy atom. The van der Waals surface area contributed by atoms with Crippen LogP contribution in [-0.2, 0) is 11.2 Å². The van der Waals surface area contributed by atoms with Crippen LogP contribution in [0.4, 0.5) is 13.2 Å². The van der Waals surface area contributed by atoms with Crippen molar-refractivity contribution >= 4 is 15.9 Å². The molecule has 0 saturated heterocycles. The molecule has 114 valence electrons. The molecule has 7 heteroatoms. The van der Waals surface area contributed by atoms with Gasteiger partial charge >= 0.3 is 6.18 Å². The van der Waals surface area contributed by atoms with Crippen molar-refractivity contribution in [2.75, 3.05) is 26.4 Å². The monoisotopic (exact) mass is 355 g/mol. The fourth-order valence-electron chi connectivity index (χ4n) is 1.51. The third kappa shape index (κ3) is 7.12. The van der Waals surface area contributed by atoms with E-state index in [1.165, 1.54) is 0 Å². The van der Waals surface area contributed by atoms with E-state index in [1.807, 2.05) is 18.2 Å². The quantitative estimate of drug-likeness (QED) is 0.727. The van der Waals surface area contributed by atoms with Gasteiger partial charge in [0.05, 0.1) is 17.7 Å². The van der Waals surface area contributed by atoms with Gasteiger partial charge in [-0.1, -0.05) is 6.07 Å². The second-order valence-electron chi connectivity index (χ2n) is 4.17. The Morgan fingerprint density at radius 2 is 1.95 bits per heavy atom. The van der Waals surface area contributed by atoms with E-state index in [1.54, 1.807) is 0 Å². The Morgan fingerprint density at radius 3 is 2.55 bits per heavy atom. The molecule has 0 spiro atoms. The lowest BCUT2D eigenvalue weighted by molar-refractivity contribution is -0.174.